The van der Waals surface area contributed by atoms with Gasteiger partial charge in [-0.3, -0.25) is 0 Å². The molecule has 0 spiro atoms. The summed E-state index contributed by atoms with van der Waals surface area (Å²) < 4.78 is 40.0. The average molecular weight is 411 g/mol. The number of anilines is 2. The van der Waals surface area contributed by atoms with Crippen LogP contribution >= 0.6 is 11.6 Å². The first kappa shape index (κ1) is 18.8. The zero-order valence-corrected chi connectivity index (χ0v) is 16.0. The van der Waals surface area contributed by atoms with Gasteiger partial charge < -0.3 is 14.8 Å². The van der Waals surface area contributed by atoms with Gasteiger partial charge in [-0.15, -0.1) is 0 Å². The molecule has 1 aromatic carbocycles. The maximum absolute atomic E-state index is 13.3. The van der Waals surface area contributed by atoms with Crippen LogP contribution in [0.2, 0.25) is 5.02 Å². The van der Waals surface area contributed by atoms with E-state index >= 15 is 0 Å². The van der Waals surface area contributed by atoms with Crippen molar-refractivity contribution in [3.05, 3.63) is 40.8 Å². The van der Waals surface area contributed by atoms with E-state index in [-0.39, 0.29) is 17.8 Å². The van der Waals surface area contributed by atoms with Crippen LogP contribution < -0.4 is 9.80 Å². The molecule has 6 nitrogen and oxygen atoms in total. The van der Waals surface area contributed by atoms with E-state index in [1.165, 1.54) is 4.90 Å². The molecule has 0 bridgehead atoms. The van der Waals surface area contributed by atoms with E-state index in [4.69, 9.17) is 11.6 Å². The molecule has 1 aliphatic heterocycles. The number of hydrogen-bond acceptors (Lipinski definition) is 5. The van der Waals surface area contributed by atoms with Gasteiger partial charge in [-0.2, -0.15) is 18.2 Å². The van der Waals surface area contributed by atoms with Gasteiger partial charge in [0.2, 0.25) is 5.95 Å². The molecule has 0 unspecified atom stereocenters. The van der Waals surface area contributed by atoms with Gasteiger partial charge in [0.25, 0.3) is 0 Å². The molecule has 2 aromatic heterocycles. The highest BCUT2D eigenvalue weighted by Gasteiger charge is 2.36. The van der Waals surface area contributed by atoms with Gasteiger partial charge in [0, 0.05) is 31.7 Å². The zero-order valence-electron chi connectivity index (χ0n) is 15.3. The summed E-state index contributed by atoms with van der Waals surface area (Å²) in [5.74, 6) is 0.932. The Morgan fingerprint density at radius 1 is 1.18 bits per heavy atom. The minimum atomic E-state index is -4.55. The first-order valence-electron chi connectivity index (χ1n) is 8.78. The Labute approximate surface area is 164 Å². The minimum Gasteiger partial charge on any atom is -0.363 e. The van der Waals surface area contributed by atoms with E-state index in [1.54, 1.807) is 31.1 Å². The molecule has 4 rings (SSSR count). The molecule has 28 heavy (non-hydrogen) atoms. The maximum atomic E-state index is 13.3. The predicted molar refractivity (Wildman–Crippen MR) is 102 cm³/mol. The second-order valence-electron chi connectivity index (χ2n) is 6.94. The fourth-order valence-electron chi connectivity index (χ4n) is 3.37. The highest BCUT2D eigenvalue weighted by Crippen LogP contribution is 2.37. The molecule has 0 amide bonds. The monoisotopic (exact) mass is 410 g/mol. The van der Waals surface area contributed by atoms with Crippen molar-refractivity contribution in [3.8, 4) is 0 Å². The third kappa shape index (κ3) is 3.46. The molecule has 3 heterocycles. The summed E-state index contributed by atoms with van der Waals surface area (Å²) in [4.78, 5) is 19.3. The summed E-state index contributed by atoms with van der Waals surface area (Å²) in [6.07, 6.45) is -3.00. The highest BCUT2D eigenvalue weighted by molar-refractivity contribution is 6.31. The smallest absolute Gasteiger partial charge is 0.363 e. The van der Waals surface area contributed by atoms with Crippen LogP contribution in [0, 0.1) is 0 Å². The molecule has 0 radical (unpaired) electrons. The topological polar surface area (TPSA) is 60.9 Å². The Bertz CT molecular complexity index is 1020. The van der Waals surface area contributed by atoms with E-state index in [2.05, 4.69) is 19.9 Å². The lowest BCUT2D eigenvalue weighted by molar-refractivity contribution is -0.141. The van der Waals surface area contributed by atoms with Crippen molar-refractivity contribution in [2.24, 2.45) is 0 Å². The highest BCUT2D eigenvalue weighted by atomic mass is 35.5. The quantitative estimate of drug-likeness (QED) is 0.692. The molecule has 0 saturated carbocycles. The number of alkyl halides is 3. The number of rotatable bonds is 3. The van der Waals surface area contributed by atoms with Crippen LogP contribution in [0.4, 0.5) is 24.9 Å². The van der Waals surface area contributed by atoms with Crippen molar-refractivity contribution in [2.75, 3.05) is 30.4 Å². The maximum Gasteiger partial charge on any atom is 0.433 e. The number of nitrogens with zero attached hydrogens (tertiary/aromatic N) is 5. The van der Waals surface area contributed by atoms with Crippen LogP contribution in [0.15, 0.2) is 24.3 Å². The normalized spacial score (nSPS) is 17.5. The molecule has 1 saturated heterocycles. The number of aromatic nitrogens is 4. The number of halogens is 4. The SMILES string of the molecule is CN(C)c1cc(C(F)(F)F)nc(N2CCC[C@@H]2c2nc3ccc(Cl)cc3[nH]2)n1. The predicted octanol–water partition coefficient (Wildman–Crippen LogP) is 4.43. The number of fused-ring (bicyclic) bond motifs is 1. The second-order valence-corrected chi connectivity index (χ2v) is 7.37. The summed E-state index contributed by atoms with van der Waals surface area (Å²) in [5, 5.41) is 0.586. The van der Waals surface area contributed by atoms with E-state index in [0.717, 1.165) is 29.9 Å². The minimum absolute atomic E-state index is 0.0551. The van der Waals surface area contributed by atoms with Crippen LogP contribution in [-0.2, 0) is 6.18 Å². The molecule has 3 aromatic rings. The van der Waals surface area contributed by atoms with Crippen LogP contribution in [0.1, 0.15) is 30.4 Å². The number of imidazole rings is 1. The number of H-pyrrole nitrogens is 1. The number of benzene rings is 1. The second kappa shape index (κ2) is 6.80. The van der Waals surface area contributed by atoms with Crippen molar-refractivity contribution in [1.29, 1.82) is 0 Å². The van der Waals surface area contributed by atoms with Crippen LogP contribution in [0.25, 0.3) is 11.0 Å². The molecule has 1 fully saturated rings. The fraction of sp³-hybridized carbons (Fsp3) is 0.389. The summed E-state index contributed by atoms with van der Waals surface area (Å²) in [6, 6.07) is 6.06. The Balaban J connectivity index is 1.75. The lowest BCUT2D eigenvalue weighted by atomic mass is 10.2. The molecule has 148 valence electrons. The summed E-state index contributed by atoms with van der Waals surface area (Å²) in [6.45, 7) is 0.552. The lowest BCUT2D eigenvalue weighted by Gasteiger charge is -2.25. The van der Waals surface area contributed by atoms with E-state index < -0.39 is 11.9 Å². The first-order chi connectivity index (χ1) is 13.2. The molecule has 10 heteroatoms. The van der Waals surface area contributed by atoms with Crippen LogP contribution in [0.3, 0.4) is 0 Å². The molecule has 1 N–H and O–H groups in total. The van der Waals surface area contributed by atoms with E-state index in [1.807, 2.05) is 6.07 Å². The molecule has 1 atom stereocenters. The van der Waals surface area contributed by atoms with Gasteiger partial charge in [0.15, 0.2) is 5.69 Å². The van der Waals surface area contributed by atoms with Crippen molar-refractivity contribution >= 4 is 34.4 Å². The van der Waals surface area contributed by atoms with Crippen molar-refractivity contribution in [2.45, 2.75) is 25.1 Å². The van der Waals surface area contributed by atoms with Gasteiger partial charge in [-0.05, 0) is 31.0 Å². The van der Waals surface area contributed by atoms with E-state index in [0.29, 0.717) is 17.4 Å². The summed E-state index contributed by atoms with van der Waals surface area (Å²) in [7, 11) is 3.30. The lowest BCUT2D eigenvalue weighted by Crippen LogP contribution is -2.27. The fourth-order valence-corrected chi connectivity index (χ4v) is 3.55. The van der Waals surface area contributed by atoms with Crippen LogP contribution in [0.5, 0.6) is 0 Å². The molecular formula is C18H18ClF3N6. The van der Waals surface area contributed by atoms with Gasteiger partial charge in [-0.25, -0.2) is 9.97 Å². The van der Waals surface area contributed by atoms with Gasteiger partial charge in [0.05, 0.1) is 17.1 Å². The summed E-state index contributed by atoms with van der Waals surface area (Å²) >= 11 is 6.03. The number of aromatic amines is 1. The van der Waals surface area contributed by atoms with Crippen LogP contribution in [-0.4, -0.2) is 40.6 Å². The Morgan fingerprint density at radius 3 is 2.68 bits per heavy atom. The molecular weight excluding hydrogens is 393 g/mol. The standard InChI is InChI=1S/C18H18ClF3N6/c1-27(2)15-9-14(18(20,21)22)25-17(26-15)28-7-3-4-13(28)16-23-11-6-5-10(19)8-12(11)24-16/h5-6,8-9,13H,3-4,7H2,1-2H3,(H,23,24)/t13-/m1/s1. The Kier molecular flexibility index (Phi) is 4.57. The third-order valence-corrected chi connectivity index (χ3v) is 4.97. The van der Waals surface area contributed by atoms with Gasteiger partial charge in [0.1, 0.15) is 11.6 Å². The van der Waals surface area contributed by atoms with Gasteiger partial charge in [-0.1, -0.05) is 11.6 Å². The number of nitrogens with one attached hydrogen (secondary N) is 1. The number of hydrogen-bond donors (Lipinski definition) is 1. The van der Waals surface area contributed by atoms with Crippen molar-refractivity contribution in [1.82, 2.24) is 19.9 Å². The van der Waals surface area contributed by atoms with E-state index in [9.17, 15) is 13.2 Å². The van der Waals surface area contributed by atoms with Gasteiger partial charge >= 0.3 is 6.18 Å². The zero-order chi connectivity index (χ0) is 20.1. The molecule has 0 aliphatic carbocycles. The molecule has 1 aliphatic rings. The Morgan fingerprint density at radius 2 is 1.96 bits per heavy atom. The van der Waals surface area contributed by atoms with Crippen molar-refractivity contribution in [3.63, 3.8) is 0 Å². The summed E-state index contributed by atoms with van der Waals surface area (Å²) in [5.41, 5.74) is 0.585. The first-order valence-corrected chi connectivity index (χ1v) is 9.15. The van der Waals surface area contributed by atoms with Crippen molar-refractivity contribution < 1.29 is 13.2 Å². The third-order valence-electron chi connectivity index (χ3n) is 4.74. The largest absolute Gasteiger partial charge is 0.433 e. The Hall–Kier alpha value is -2.55. The average Bonchev–Trinajstić information content (AvgIpc) is 3.26.